The lowest BCUT2D eigenvalue weighted by atomic mass is 10.0. The van der Waals surface area contributed by atoms with Crippen molar-refractivity contribution in [3.05, 3.63) is 11.3 Å². The standard InChI is InChI=1S/C10H14N2O/c1-7-5-9-6-12(8(2)13)4-3-10(9)11-7/h3-6H2,1-2H3. The molecule has 0 aromatic rings. The maximum Gasteiger partial charge on any atom is 0.219 e. The Bertz CT molecular complexity index is 315. The van der Waals surface area contributed by atoms with Gasteiger partial charge in [-0.15, -0.1) is 0 Å². The lowest BCUT2D eigenvalue weighted by molar-refractivity contribution is -0.128. The molecule has 0 radical (unpaired) electrons. The average molecular weight is 178 g/mol. The Morgan fingerprint density at radius 3 is 3.00 bits per heavy atom. The molecule has 0 spiro atoms. The minimum absolute atomic E-state index is 0.177. The number of hydrogen-bond acceptors (Lipinski definition) is 2. The number of carbonyl (C=O) groups is 1. The summed E-state index contributed by atoms with van der Waals surface area (Å²) in [6.07, 6.45) is 1.91. The van der Waals surface area contributed by atoms with Crippen LogP contribution in [0.15, 0.2) is 16.3 Å². The van der Waals surface area contributed by atoms with E-state index in [1.807, 2.05) is 4.90 Å². The predicted molar refractivity (Wildman–Crippen MR) is 51.6 cm³/mol. The largest absolute Gasteiger partial charge is 0.338 e. The average Bonchev–Trinajstić information content (AvgIpc) is 2.42. The van der Waals surface area contributed by atoms with E-state index in [-0.39, 0.29) is 5.91 Å². The van der Waals surface area contributed by atoms with Gasteiger partial charge in [-0.25, -0.2) is 0 Å². The van der Waals surface area contributed by atoms with Gasteiger partial charge < -0.3 is 4.90 Å². The van der Waals surface area contributed by atoms with E-state index < -0.39 is 0 Å². The Kier molecular flexibility index (Phi) is 1.94. The number of hydrogen-bond donors (Lipinski definition) is 0. The van der Waals surface area contributed by atoms with Crippen LogP contribution in [0.1, 0.15) is 26.7 Å². The zero-order chi connectivity index (χ0) is 9.42. The summed E-state index contributed by atoms with van der Waals surface area (Å²) in [7, 11) is 0. The number of rotatable bonds is 0. The van der Waals surface area contributed by atoms with E-state index in [9.17, 15) is 4.79 Å². The molecule has 2 aliphatic heterocycles. The summed E-state index contributed by atoms with van der Waals surface area (Å²) in [6, 6.07) is 0. The van der Waals surface area contributed by atoms with Gasteiger partial charge in [0.1, 0.15) is 0 Å². The Morgan fingerprint density at radius 2 is 2.31 bits per heavy atom. The van der Waals surface area contributed by atoms with Gasteiger partial charge in [0.15, 0.2) is 0 Å². The summed E-state index contributed by atoms with van der Waals surface area (Å²) in [5.74, 6) is 0.177. The molecule has 0 saturated carbocycles. The van der Waals surface area contributed by atoms with E-state index in [2.05, 4.69) is 11.9 Å². The van der Waals surface area contributed by atoms with Crippen LogP contribution in [0.5, 0.6) is 0 Å². The minimum Gasteiger partial charge on any atom is -0.338 e. The molecule has 3 heteroatoms. The first kappa shape index (κ1) is 8.48. The van der Waals surface area contributed by atoms with Crippen LogP contribution in [0.25, 0.3) is 0 Å². The van der Waals surface area contributed by atoms with E-state index in [0.29, 0.717) is 0 Å². The van der Waals surface area contributed by atoms with Crippen molar-refractivity contribution in [2.45, 2.75) is 26.7 Å². The summed E-state index contributed by atoms with van der Waals surface area (Å²) < 4.78 is 0. The van der Waals surface area contributed by atoms with Crippen molar-refractivity contribution < 1.29 is 4.79 Å². The second-order valence-corrected chi connectivity index (χ2v) is 3.76. The summed E-state index contributed by atoms with van der Waals surface area (Å²) >= 11 is 0. The fourth-order valence-corrected chi connectivity index (χ4v) is 1.96. The van der Waals surface area contributed by atoms with Crippen molar-refractivity contribution in [2.75, 3.05) is 13.1 Å². The van der Waals surface area contributed by atoms with E-state index in [4.69, 9.17) is 0 Å². The van der Waals surface area contributed by atoms with Gasteiger partial charge in [-0.3, -0.25) is 9.79 Å². The molecule has 0 saturated heterocycles. The molecule has 3 nitrogen and oxygen atoms in total. The van der Waals surface area contributed by atoms with Crippen molar-refractivity contribution in [2.24, 2.45) is 4.99 Å². The van der Waals surface area contributed by atoms with Crippen LogP contribution in [0.3, 0.4) is 0 Å². The molecule has 2 heterocycles. The van der Waals surface area contributed by atoms with Crippen LogP contribution >= 0.6 is 0 Å². The second-order valence-electron chi connectivity index (χ2n) is 3.76. The van der Waals surface area contributed by atoms with Crippen LogP contribution in [-0.4, -0.2) is 29.6 Å². The Labute approximate surface area is 78.1 Å². The molecule has 70 valence electrons. The monoisotopic (exact) mass is 178 g/mol. The highest BCUT2D eigenvalue weighted by Crippen LogP contribution is 2.27. The number of nitrogens with zero attached hydrogens (tertiary/aromatic N) is 2. The van der Waals surface area contributed by atoms with Gasteiger partial charge in [0.05, 0.1) is 0 Å². The zero-order valence-corrected chi connectivity index (χ0v) is 8.13. The lowest BCUT2D eigenvalue weighted by Gasteiger charge is -2.26. The molecular formula is C10H14N2O. The third-order valence-electron chi connectivity index (χ3n) is 2.65. The van der Waals surface area contributed by atoms with Gasteiger partial charge in [0.25, 0.3) is 0 Å². The van der Waals surface area contributed by atoms with E-state index in [1.54, 1.807) is 6.92 Å². The minimum atomic E-state index is 0.177. The van der Waals surface area contributed by atoms with Gasteiger partial charge in [0.2, 0.25) is 5.91 Å². The molecule has 0 aromatic heterocycles. The topological polar surface area (TPSA) is 32.7 Å². The van der Waals surface area contributed by atoms with Crippen molar-refractivity contribution in [3.8, 4) is 0 Å². The molecule has 1 amide bonds. The molecule has 0 aromatic carbocycles. The van der Waals surface area contributed by atoms with Crippen molar-refractivity contribution in [1.82, 2.24) is 4.90 Å². The second kappa shape index (κ2) is 2.98. The fraction of sp³-hybridized carbons (Fsp3) is 0.600. The maximum absolute atomic E-state index is 11.1. The fourth-order valence-electron chi connectivity index (χ4n) is 1.96. The van der Waals surface area contributed by atoms with Crippen LogP contribution in [0.2, 0.25) is 0 Å². The van der Waals surface area contributed by atoms with Gasteiger partial charge in [-0.1, -0.05) is 0 Å². The molecule has 0 atom stereocenters. The van der Waals surface area contributed by atoms with Crippen LogP contribution < -0.4 is 0 Å². The van der Waals surface area contributed by atoms with E-state index in [0.717, 1.165) is 25.9 Å². The first-order chi connectivity index (χ1) is 6.16. The summed E-state index contributed by atoms with van der Waals surface area (Å²) in [5, 5.41) is 0. The Morgan fingerprint density at radius 1 is 1.54 bits per heavy atom. The van der Waals surface area contributed by atoms with Gasteiger partial charge >= 0.3 is 0 Å². The van der Waals surface area contributed by atoms with Gasteiger partial charge in [-0.05, 0) is 12.5 Å². The highest BCUT2D eigenvalue weighted by atomic mass is 16.2. The number of carbonyl (C=O) groups excluding carboxylic acids is 1. The molecule has 0 aliphatic carbocycles. The smallest absolute Gasteiger partial charge is 0.219 e. The van der Waals surface area contributed by atoms with Crippen LogP contribution in [-0.2, 0) is 4.79 Å². The van der Waals surface area contributed by atoms with Crippen molar-refractivity contribution in [3.63, 3.8) is 0 Å². The third-order valence-corrected chi connectivity index (χ3v) is 2.65. The van der Waals surface area contributed by atoms with Crippen molar-refractivity contribution in [1.29, 1.82) is 0 Å². The van der Waals surface area contributed by atoms with E-state index >= 15 is 0 Å². The zero-order valence-electron chi connectivity index (χ0n) is 8.13. The molecule has 0 unspecified atom stereocenters. The SMILES string of the molecule is CC(=O)N1CCC2=C(CC(C)=N2)C1. The van der Waals surface area contributed by atoms with E-state index in [1.165, 1.54) is 17.0 Å². The molecule has 2 aliphatic rings. The molecule has 0 N–H and O–H groups in total. The molecule has 13 heavy (non-hydrogen) atoms. The summed E-state index contributed by atoms with van der Waals surface area (Å²) in [4.78, 5) is 17.5. The summed E-state index contributed by atoms with van der Waals surface area (Å²) in [5.41, 5.74) is 3.77. The number of amides is 1. The quantitative estimate of drug-likeness (QED) is 0.551. The molecular weight excluding hydrogens is 164 g/mol. The third kappa shape index (κ3) is 1.50. The molecule has 2 rings (SSSR count). The van der Waals surface area contributed by atoms with Crippen molar-refractivity contribution >= 4 is 11.6 Å². The highest BCUT2D eigenvalue weighted by molar-refractivity contribution is 5.88. The first-order valence-corrected chi connectivity index (χ1v) is 4.67. The van der Waals surface area contributed by atoms with Gasteiger partial charge in [-0.2, -0.15) is 0 Å². The molecule has 0 bridgehead atoms. The predicted octanol–water partition coefficient (Wildman–Crippen LogP) is 1.36. The lowest BCUT2D eigenvalue weighted by Crippen LogP contribution is -2.34. The molecule has 0 fully saturated rings. The first-order valence-electron chi connectivity index (χ1n) is 4.67. The Balaban J connectivity index is 2.12. The van der Waals surface area contributed by atoms with Crippen LogP contribution in [0, 0.1) is 0 Å². The Hall–Kier alpha value is -1.12. The highest BCUT2D eigenvalue weighted by Gasteiger charge is 2.23. The van der Waals surface area contributed by atoms with Crippen LogP contribution in [0.4, 0.5) is 0 Å². The maximum atomic E-state index is 11.1. The number of aliphatic imine (C=N–C) groups is 1. The normalized spacial score (nSPS) is 21.7. The van der Waals surface area contributed by atoms with Gasteiger partial charge in [0, 0.05) is 44.3 Å². The summed E-state index contributed by atoms with van der Waals surface area (Å²) in [6.45, 7) is 5.32.